The zero-order chi connectivity index (χ0) is 19.8. The van der Waals surface area contributed by atoms with Crippen molar-refractivity contribution < 1.29 is 18.9 Å². The first-order chi connectivity index (χ1) is 12.9. The molecule has 0 saturated carbocycles. The van der Waals surface area contributed by atoms with Crippen LogP contribution in [-0.4, -0.2) is 40.4 Å². The van der Waals surface area contributed by atoms with Crippen LogP contribution < -0.4 is 16.0 Å². The summed E-state index contributed by atoms with van der Waals surface area (Å²) in [5.41, 5.74) is 1.11. The minimum absolute atomic E-state index is 0.116. The van der Waals surface area contributed by atoms with Gasteiger partial charge in [-0.15, -0.1) is 11.8 Å². The summed E-state index contributed by atoms with van der Waals surface area (Å²) in [5, 5.41) is 11.3. The molecule has 2 rings (SSSR count). The molecule has 0 aliphatic carbocycles. The van der Waals surface area contributed by atoms with E-state index in [1.54, 1.807) is 44.2 Å². The average molecular weight is 390 g/mol. The van der Waals surface area contributed by atoms with Crippen LogP contribution >= 0.6 is 11.8 Å². The number of anilines is 2. The summed E-state index contributed by atoms with van der Waals surface area (Å²) in [6.45, 7) is 5.84. The Morgan fingerprint density at radius 2 is 1.89 bits per heavy atom. The quantitative estimate of drug-likeness (QED) is 0.638. The van der Waals surface area contributed by atoms with Crippen LogP contribution in [0.4, 0.5) is 11.5 Å². The molecule has 3 amide bonds. The minimum atomic E-state index is -0.437. The molecule has 0 bridgehead atoms. The average Bonchev–Trinajstić information content (AvgIpc) is 3.05. The molecule has 27 heavy (non-hydrogen) atoms. The maximum absolute atomic E-state index is 12.1. The molecule has 8 nitrogen and oxygen atoms in total. The largest absolute Gasteiger partial charge is 0.360 e. The third kappa shape index (κ3) is 6.45. The molecule has 1 aromatic carbocycles. The van der Waals surface area contributed by atoms with E-state index in [4.69, 9.17) is 4.52 Å². The number of thioether (sulfide) groups is 1. The van der Waals surface area contributed by atoms with Crippen LogP contribution in [0.1, 0.15) is 30.0 Å². The fraction of sp³-hybridized carbons (Fsp3) is 0.333. The molecule has 3 N–H and O–H groups in total. The van der Waals surface area contributed by atoms with Gasteiger partial charge in [0.15, 0.2) is 5.82 Å². The van der Waals surface area contributed by atoms with Crippen LogP contribution in [0.25, 0.3) is 0 Å². The molecular formula is C18H22N4O4S. The van der Waals surface area contributed by atoms with Crippen molar-refractivity contribution in [2.75, 3.05) is 22.9 Å². The Morgan fingerprint density at radius 1 is 1.19 bits per heavy atom. The van der Waals surface area contributed by atoms with Crippen LogP contribution in [-0.2, 0) is 9.59 Å². The lowest BCUT2D eigenvalue weighted by Gasteiger charge is -2.11. The van der Waals surface area contributed by atoms with Crippen molar-refractivity contribution >= 4 is 41.0 Å². The van der Waals surface area contributed by atoms with Gasteiger partial charge in [-0.05, 0) is 45.0 Å². The number of rotatable bonds is 8. The third-order valence-electron chi connectivity index (χ3n) is 3.48. The Bertz CT molecular complexity index is 804. The smallest absolute Gasteiger partial charge is 0.251 e. The van der Waals surface area contributed by atoms with Gasteiger partial charge in [0.25, 0.3) is 5.91 Å². The second-order valence-electron chi connectivity index (χ2n) is 5.75. The lowest BCUT2D eigenvalue weighted by molar-refractivity contribution is -0.115. The number of amides is 3. The van der Waals surface area contributed by atoms with Crippen molar-refractivity contribution in [2.45, 2.75) is 26.0 Å². The first-order valence-electron chi connectivity index (χ1n) is 8.43. The first kappa shape index (κ1) is 20.5. The van der Waals surface area contributed by atoms with Gasteiger partial charge in [0.05, 0.1) is 11.0 Å². The van der Waals surface area contributed by atoms with Crippen molar-refractivity contribution in [1.29, 1.82) is 0 Å². The second kappa shape index (κ2) is 9.77. The molecule has 9 heteroatoms. The Balaban J connectivity index is 1.78. The highest BCUT2D eigenvalue weighted by Gasteiger charge is 2.17. The molecule has 2 aromatic rings. The fourth-order valence-electron chi connectivity index (χ4n) is 2.09. The normalized spacial score (nSPS) is 11.5. The summed E-state index contributed by atoms with van der Waals surface area (Å²) < 4.78 is 4.89. The molecule has 1 unspecified atom stereocenters. The number of nitrogens with one attached hydrogen (secondary N) is 3. The predicted molar refractivity (Wildman–Crippen MR) is 105 cm³/mol. The van der Waals surface area contributed by atoms with Gasteiger partial charge in [0.2, 0.25) is 11.8 Å². The molecular weight excluding hydrogens is 368 g/mol. The van der Waals surface area contributed by atoms with Gasteiger partial charge < -0.3 is 20.5 Å². The van der Waals surface area contributed by atoms with Gasteiger partial charge in [0.1, 0.15) is 5.76 Å². The SMILES string of the molecule is CCNC(=O)c1ccc(NC(=O)CSC(C)C(=O)Nc2cc(C)on2)cc1. The van der Waals surface area contributed by atoms with Crippen LogP contribution in [0.15, 0.2) is 34.9 Å². The molecule has 0 fully saturated rings. The van der Waals surface area contributed by atoms with E-state index in [9.17, 15) is 14.4 Å². The third-order valence-corrected chi connectivity index (χ3v) is 4.62. The molecule has 1 atom stereocenters. The van der Waals surface area contributed by atoms with Crippen LogP contribution in [0, 0.1) is 6.92 Å². The van der Waals surface area contributed by atoms with E-state index in [1.807, 2.05) is 6.92 Å². The van der Waals surface area contributed by atoms with Gasteiger partial charge in [-0.1, -0.05) is 5.16 Å². The Morgan fingerprint density at radius 3 is 2.48 bits per heavy atom. The van der Waals surface area contributed by atoms with Gasteiger partial charge in [-0.3, -0.25) is 14.4 Å². The number of hydrogen-bond donors (Lipinski definition) is 3. The zero-order valence-electron chi connectivity index (χ0n) is 15.4. The highest BCUT2D eigenvalue weighted by Crippen LogP contribution is 2.15. The summed E-state index contributed by atoms with van der Waals surface area (Å²) >= 11 is 1.21. The summed E-state index contributed by atoms with van der Waals surface area (Å²) in [7, 11) is 0. The Hall–Kier alpha value is -2.81. The first-order valence-corrected chi connectivity index (χ1v) is 9.47. The molecule has 1 heterocycles. The van der Waals surface area contributed by atoms with Gasteiger partial charge in [-0.25, -0.2) is 0 Å². The highest BCUT2D eigenvalue weighted by molar-refractivity contribution is 8.01. The van der Waals surface area contributed by atoms with Crippen LogP contribution in [0.2, 0.25) is 0 Å². The lowest BCUT2D eigenvalue weighted by atomic mass is 10.2. The topological polar surface area (TPSA) is 113 Å². The number of aromatic nitrogens is 1. The van der Waals surface area contributed by atoms with E-state index >= 15 is 0 Å². The van der Waals surface area contributed by atoms with E-state index in [0.29, 0.717) is 29.4 Å². The van der Waals surface area contributed by atoms with Crippen molar-refractivity contribution in [3.63, 3.8) is 0 Å². The molecule has 144 valence electrons. The molecule has 0 saturated heterocycles. The predicted octanol–water partition coefficient (Wildman–Crippen LogP) is 2.43. The molecule has 1 aromatic heterocycles. The van der Waals surface area contributed by atoms with E-state index < -0.39 is 5.25 Å². The van der Waals surface area contributed by atoms with Crippen molar-refractivity contribution in [3.8, 4) is 0 Å². The monoisotopic (exact) mass is 390 g/mol. The number of benzene rings is 1. The summed E-state index contributed by atoms with van der Waals surface area (Å²) in [6, 6.07) is 8.23. The van der Waals surface area contributed by atoms with Crippen LogP contribution in [0.5, 0.6) is 0 Å². The molecule has 0 spiro atoms. The van der Waals surface area contributed by atoms with Gasteiger partial charge in [0, 0.05) is 23.9 Å². The molecule has 0 aliphatic rings. The lowest BCUT2D eigenvalue weighted by Crippen LogP contribution is -2.25. The van der Waals surface area contributed by atoms with Gasteiger partial charge >= 0.3 is 0 Å². The van der Waals surface area contributed by atoms with E-state index in [0.717, 1.165) is 0 Å². The maximum Gasteiger partial charge on any atom is 0.251 e. The summed E-state index contributed by atoms with van der Waals surface area (Å²) in [4.78, 5) is 35.8. The zero-order valence-corrected chi connectivity index (χ0v) is 16.2. The Kier molecular flexibility index (Phi) is 7.42. The maximum atomic E-state index is 12.1. The summed E-state index contributed by atoms with van der Waals surface area (Å²) in [5.74, 6) is 0.415. The van der Waals surface area contributed by atoms with Gasteiger partial charge in [-0.2, -0.15) is 0 Å². The van der Waals surface area contributed by atoms with E-state index in [-0.39, 0.29) is 23.5 Å². The van der Waals surface area contributed by atoms with E-state index in [1.165, 1.54) is 11.8 Å². The van der Waals surface area contributed by atoms with Crippen LogP contribution in [0.3, 0.4) is 0 Å². The second-order valence-corrected chi connectivity index (χ2v) is 7.08. The standard InChI is InChI=1S/C18H22N4O4S/c1-4-19-18(25)13-5-7-14(8-6-13)20-16(23)10-27-12(3)17(24)21-15-9-11(2)26-22-15/h5-9,12H,4,10H2,1-3H3,(H,19,25)(H,20,23)(H,21,22,24). The number of nitrogens with zero attached hydrogens (tertiary/aromatic N) is 1. The molecule has 0 radical (unpaired) electrons. The van der Waals surface area contributed by atoms with Crippen molar-refractivity contribution in [3.05, 3.63) is 41.7 Å². The summed E-state index contributed by atoms with van der Waals surface area (Å²) in [6.07, 6.45) is 0. The van der Waals surface area contributed by atoms with E-state index in [2.05, 4.69) is 21.1 Å². The number of carbonyl (C=O) groups excluding carboxylic acids is 3. The fourth-order valence-corrected chi connectivity index (χ4v) is 2.78. The number of carbonyl (C=O) groups is 3. The highest BCUT2D eigenvalue weighted by atomic mass is 32.2. The minimum Gasteiger partial charge on any atom is -0.360 e. The number of aryl methyl sites for hydroxylation is 1. The number of hydrogen-bond acceptors (Lipinski definition) is 6. The Labute approximate surface area is 161 Å². The molecule has 0 aliphatic heterocycles. The van der Waals surface area contributed by atoms with Crippen molar-refractivity contribution in [2.24, 2.45) is 0 Å². The van der Waals surface area contributed by atoms with Crippen molar-refractivity contribution in [1.82, 2.24) is 10.5 Å².